The predicted octanol–water partition coefficient (Wildman–Crippen LogP) is 4.95. The van der Waals surface area contributed by atoms with Crippen LogP contribution in [0.25, 0.3) is 11.3 Å². The number of ether oxygens (including phenoxy) is 1. The lowest BCUT2D eigenvalue weighted by Gasteiger charge is -2.40. The molecule has 216 valence electrons. The van der Waals surface area contributed by atoms with E-state index in [1.54, 1.807) is 10.8 Å². The van der Waals surface area contributed by atoms with Crippen molar-refractivity contribution in [2.45, 2.75) is 39.5 Å². The number of carbonyl (C=O) groups excluding carboxylic acids is 1. The summed E-state index contributed by atoms with van der Waals surface area (Å²) in [6.07, 6.45) is -0.661. The van der Waals surface area contributed by atoms with E-state index in [4.69, 9.17) is 20.3 Å². The molecule has 2 N–H and O–H groups in total. The number of nitrogens with zero attached hydrogens (tertiary/aromatic N) is 4. The number of hydroxylamine groups is 2. The van der Waals surface area contributed by atoms with Gasteiger partial charge in [-0.3, -0.25) is 4.90 Å². The van der Waals surface area contributed by atoms with E-state index in [1.807, 2.05) is 51.1 Å². The monoisotopic (exact) mass is 559 g/mol. The quantitative estimate of drug-likeness (QED) is 0.400. The van der Waals surface area contributed by atoms with Crippen LogP contribution in [0.3, 0.4) is 0 Å². The molecule has 4 rings (SSSR count). The molecule has 40 heavy (non-hydrogen) atoms. The van der Waals surface area contributed by atoms with Crippen molar-refractivity contribution in [3.63, 3.8) is 0 Å². The molecule has 1 aliphatic rings. The number of hydrogen-bond acceptors (Lipinski definition) is 6. The first kappa shape index (κ1) is 29.6. The zero-order valence-electron chi connectivity index (χ0n) is 23.0. The highest BCUT2D eigenvalue weighted by Crippen LogP contribution is 2.40. The van der Waals surface area contributed by atoms with Crippen LogP contribution in [0, 0.1) is 17.0 Å². The van der Waals surface area contributed by atoms with E-state index in [1.165, 1.54) is 9.96 Å². The number of aromatic nitrogens is 2. The van der Waals surface area contributed by atoms with Crippen molar-refractivity contribution in [2.24, 2.45) is 11.1 Å². The molecule has 1 aromatic heterocycles. The Morgan fingerprint density at radius 1 is 1.15 bits per heavy atom. The molecule has 2 atom stereocenters. The van der Waals surface area contributed by atoms with E-state index in [0.29, 0.717) is 38.7 Å². The number of hydrogen-bond donors (Lipinski definition) is 1. The van der Waals surface area contributed by atoms with Crippen molar-refractivity contribution in [1.29, 1.82) is 0 Å². The average Bonchev–Trinajstić information content (AvgIpc) is 3.32. The molecule has 1 aliphatic heterocycles. The summed E-state index contributed by atoms with van der Waals surface area (Å²) in [5, 5.41) is 1.48. The number of halogens is 3. The Morgan fingerprint density at radius 3 is 2.50 bits per heavy atom. The SMILES string of the molecule is CC(C)(C)[C@H](c1nc(-c2cc(F)ccc2F)cn1Cc1ccccc1)N(C[C@@H](F)CN)C(=O)ON1CCOCC1. The lowest BCUT2D eigenvalue weighted by molar-refractivity contribution is -0.159. The fourth-order valence-corrected chi connectivity index (χ4v) is 4.75. The predicted molar refractivity (Wildman–Crippen MR) is 145 cm³/mol. The third-order valence-electron chi connectivity index (χ3n) is 6.65. The second-order valence-corrected chi connectivity index (χ2v) is 10.9. The van der Waals surface area contributed by atoms with Crippen molar-refractivity contribution in [3.8, 4) is 11.3 Å². The van der Waals surface area contributed by atoms with Crippen molar-refractivity contribution in [2.75, 3.05) is 39.4 Å². The lowest BCUT2D eigenvalue weighted by Crippen LogP contribution is -2.49. The number of rotatable bonds is 9. The van der Waals surface area contributed by atoms with Gasteiger partial charge >= 0.3 is 6.09 Å². The zero-order chi connectivity index (χ0) is 28.9. The summed E-state index contributed by atoms with van der Waals surface area (Å²) >= 11 is 0. The number of imidazole rings is 1. The minimum absolute atomic E-state index is 0.0199. The van der Waals surface area contributed by atoms with Gasteiger partial charge in [0.1, 0.15) is 23.6 Å². The van der Waals surface area contributed by atoms with E-state index in [0.717, 1.165) is 23.8 Å². The first-order valence-corrected chi connectivity index (χ1v) is 13.3. The maximum absolute atomic E-state index is 14.9. The minimum Gasteiger partial charge on any atom is -0.379 e. The van der Waals surface area contributed by atoms with Gasteiger partial charge in [-0.25, -0.2) is 22.9 Å². The standard InChI is InChI=1S/C29H36F3N5O3/c1-29(2,3)26(37(18-22(31)16-33)28(38)40-36-11-13-39-14-12-36)27-34-25(23-15-21(30)9-10-24(23)32)19-35(27)17-20-7-5-4-6-8-20/h4-10,15,19,22,26H,11-14,16-18,33H2,1-3H3/t22-,26-/m0/s1. The molecular formula is C29H36F3N5O3. The third kappa shape index (κ3) is 7.21. The van der Waals surface area contributed by atoms with Crippen LogP contribution in [-0.2, 0) is 16.1 Å². The van der Waals surface area contributed by atoms with Gasteiger partial charge in [0.15, 0.2) is 0 Å². The first-order valence-electron chi connectivity index (χ1n) is 13.3. The van der Waals surface area contributed by atoms with Crippen molar-refractivity contribution < 1.29 is 27.5 Å². The Kier molecular flexibility index (Phi) is 9.49. The summed E-state index contributed by atoms with van der Waals surface area (Å²) in [5.74, 6) is -0.875. The fraction of sp³-hybridized carbons (Fsp3) is 0.448. The van der Waals surface area contributed by atoms with Crippen LogP contribution in [0.1, 0.15) is 38.2 Å². The lowest BCUT2D eigenvalue weighted by atomic mass is 9.84. The Morgan fingerprint density at radius 2 is 1.85 bits per heavy atom. The van der Waals surface area contributed by atoms with Crippen LogP contribution in [0.5, 0.6) is 0 Å². The number of morpholine rings is 1. The molecule has 2 heterocycles. The van der Waals surface area contributed by atoms with Gasteiger partial charge < -0.3 is 19.9 Å². The van der Waals surface area contributed by atoms with E-state index in [-0.39, 0.29) is 24.3 Å². The number of carbonyl (C=O) groups is 1. The van der Waals surface area contributed by atoms with Crippen LogP contribution >= 0.6 is 0 Å². The second-order valence-electron chi connectivity index (χ2n) is 10.9. The topological polar surface area (TPSA) is 85.9 Å². The molecule has 1 amide bonds. The van der Waals surface area contributed by atoms with Crippen molar-refractivity contribution >= 4 is 6.09 Å². The molecule has 2 aromatic carbocycles. The number of amides is 1. The first-order chi connectivity index (χ1) is 19.1. The van der Waals surface area contributed by atoms with Crippen LogP contribution in [0.2, 0.25) is 0 Å². The molecule has 1 saturated heterocycles. The summed E-state index contributed by atoms with van der Waals surface area (Å²) in [4.78, 5) is 25.3. The summed E-state index contributed by atoms with van der Waals surface area (Å²) in [6, 6.07) is 11.9. The van der Waals surface area contributed by atoms with Gasteiger partial charge in [-0.1, -0.05) is 51.1 Å². The van der Waals surface area contributed by atoms with E-state index < -0.39 is 35.4 Å². The molecular weight excluding hydrogens is 523 g/mol. The van der Waals surface area contributed by atoms with Gasteiger partial charge in [0.05, 0.1) is 44.6 Å². The molecule has 0 saturated carbocycles. The van der Waals surface area contributed by atoms with Gasteiger partial charge in [-0.05, 0) is 29.2 Å². The summed E-state index contributed by atoms with van der Waals surface area (Å²) in [7, 11) is 0. The minimum atomic E-state index is -1.53. The molecule has 0 bridgehead atoms. The normalized spacial score (nSPS) is 16.0. The van der Waals surface area contributed by atoms with Crippen molar-refractivity contribution in [3.05, 3.63) is 77.8 Å². The molecule has 3 aromatic rings. The second kappa shape index (κ2) is 12.8. The molecule has 8 nitrogen and oxygen atoms in total. The molecule has 0 radical (unpaired) electrons. The van der Waals surface area contributed by atoms with E-state index in [9.17, 15) is 18.0 Å². The van der Waals surface area contributed by atoms with Crippen LogP contribution in [-0.4, -0.2) is 71.2 Å². The highest BCUT2D eigenvalue weighted by molar-refractivity contribution is 5.68. The van der Waals surface area contributed by atoms with Crippen LogP contribution in [0.4, 0.5) is 18.0 Å². The number of alkyl halides is 1. The Balaban J connectivity index is 1.83. The number of nitrogens with two attached hydrogens (primary N) is 1. The average molecular weight is 560 g/mol. The zero-order valence-corrected chi connectivity index (χ0v) is 23.0. The molecule has 11 heteroatoms. The Bertz CT molecular complexity index is 1280. The van der Waals surface area contributed by atoms with Crippen molar-refractivity contribution in [1.82, 2.24) is 19.5 Å². The van der Waals surface area contributed by atoms with E-state index >= 15 is 0 Å². The summed E-state index contributed by atoms with van der Waals surface area (Å²) in [6.45, 7) is 6.92. The van der Waals surface area contributed by atoms with E-state index in [2.05, 4.69) is 0 Å². The largest absolute Gasteiger partial charge is 0.429 e. The van der Waals surface area contributed by atoms with Crippen LogP contribution < -0.4 is 5.73 Å². The Labute approximate surface area is 232 Å². The van der Waals surface area contributed by atoms with Gasteiger partial charge in [-0.15, -0.1) is 5.06 Å². The fourth-order valence-electron chi connectivity index (χ4n) is 4.75. The Hall–Kier alpha value is -3.41. The van der Waals surface area contributed by atoms with Crippen LogP contribution in [0.15, 0.2) is 54.7 Å². The molecule has 0 spiro atoms. The maximum atomic E-state index is 14.9. The number of benzene rings is 2. The molecule has 0 unspecified atom stereocenters. The van der Waals surface area contributed by atoms with Gasteiger partial charge in [0, 0.05) is 24.8 Å². The highest BCUT2D eigenvalue weighted by atomic mass is 19.1. The van der Waals surface area contributed by atoms with Gasteiger partial charge in [0.25, 0.3) is 0 Å². The van der Waals surface area contributed by atoms with Gasteiger partial charge in [0.2, 0.25) is 0 Å². The molecule has 0 aliphatic carbocycles. The smallest absolute Gasteiger partial charge is 0.379 e. The summed E-state index contributed by atoms with van der Waals surface area (Å²) < 4.78 is 51.0. The third-order valence-corrected chi connectivity index (χ3v) is 6.65. The molecule has 1 fully saturated rings. The maximum Gasteiger partial charge on any atom is 0.429 e. The summed E-state index contributed by atoms with van der Waals surface area (Å²) in [5.41, 5.74) is 6.03. The van der Waals surface area contributed by atoms with Gasteiger partial charge in [-0.2, -0.15) is 0 Å². The highest BCUT2D eigenvalue weighted by Gasteiger charge is 2.41.